The van der Waals surface area contributed by atoms with Crippen molar-refractivity contribution in [2.45, 2.75) is 6.18 Å². The van der Waals surface area contributed by atoms with Gasteiger partial charge in [-0.2, -0.15) is 13.2 Å². The van der Waals surface area contributed by atoms with E-state index in [2.05, 4.69) is 5.32 Å². The molecule has 1 radical (unpaired) electrons. The number of halogens is 3. The number of anilines is 1. The lowest BCUT2D eigenvalue weighted by Crippen LogP contribution is -2.14. The second kappa shape index (κ2) is 5.78. The van der Waals surface area contributed by atoms with E-state index < -0.39 is 17.6 Å². The number of rotatable bonds is 3. The van der Waals surface area contributed by atoms with Crippen molar-refractivity contribution < 1.29 is 22.8 Å². The molecule has 0 saturated heterocycles. The molecule has 0 saturated carbocycles. The zero-order valence-corrected chi connectivity index (χ0v) is 10.6. The van der Waals surface area contributed by atoms with Gasteiger partial charge >= 0.3 is 6.18 Å². The first-order chi connectivity index (χ1) is 9.91. The summed E-state index contributed by atoms with van der Waals surface area (Å²) in [6.45, 7) is 0. The van der Waals surface area contributed by atoms with Gasteiger partial charge in [-0.1, -0.05) is 18.2 Å². The van der Waals surface area contributed by atoms with Crippen molar-refractivity contribution in [3.63, 3.8) is 0 Å². The van der Waals surface area contributed by atoms with Crippen LogP contribution >= 0.6 is 0 Å². The summed E-state index contributed by atoms with van der Waals surface area (Å²) in [5.74, 6) is -0.589. The number of nitrogens with one attached hydrogen (secondary N) is 1. The molecule has 2 aromatic carbocycles. The SMILES string of the molecule is O=[C]c1ccccc1C(=O)Nc1ccc(C(F)(F)F)cc1. The minimum absolute atomic E-state index is 0.0851. The molecule has 6 heteroatoms. The van der Waals surface area contributed by atoms with Crippen LogP contribution in [0.4, 0.5) is 18.9 Å². The molecule has 107 valence electrons. The molecule has 0 spiro atoms. The van der Waals surface area contributed by atoms with Crippen molar-refractivity contribution in [2.75, 3.05) is 5.32 Å². The van der Waals surface area contributed by atoms with Crippen molar-refractivity contribution >= 4 is 17.9 Å². The van der Waals surface area contributed by atoms with Gasteiger partial charge in [-0.25, -0.2) is 0 Å². The Morgan fingerprint density at radius 3 is 2.19 bits per heavy atom. The zero-order valence-electron chi connectivity index (χ0n) is 10.6. The number of amides is 1. The minimum Gasteiger partial charge on any atom is -0.322 e. The predicted molar refractivity (Wildman–Crippen MR) is 70.6 cm³/mol. The highest BCUT2D eigenvalue weighted by atomic mass is 19.4. The van der Waals surface area contributed by atoms with Crippen LogP contribution in [0.5, 0.6) is 0 Å². The second-order valence-electron chi connectivity index (χ2n) is 4.18. The maximum absolute atomic E-state index is 12.4. The molecule has 2 aromatic rings. The molecule has 0 heterocycles. The lowest BCUT2D eigenvalue weighted by Gasteiger charge is -2.09. The maximum Gasteiger partial charge on any atom is 0.416 e. The second-order valence-corrected chi connectivity index (χ2v) is 4.18. The highest BCUT2D eigenvalue weighted by Crippen LogP contribution is 2.29. The molecule has 0 aliphatic rings. The first-order valence-electron chi connectivity index (χ1n) is 5.87. The fraction of sp³-hybridized carbons (Fsp3) is 0.0667. The van der Waals surface area contributed by atoms with Crippen molar-refractivity contribution in [3.05, 3.63) is 65.2 Å². The highest BCUT2D eigenvalue weighted by molar-refractivity contribution is 6.08. The van der Waals surface area contributed by atoms with E-state index in [-0.39, 0.29) is 16.8 Å². The lowest BCUT2D eigenvalue weighted by molar-refractivity contribution is -0.137. The quantitative estimate of drug-likeness (QED) is 0.942. The molecule has 3 nitrogen and oxygen atoms in total. The first-order valence-corrected chi connectivity index (χ1v) is 5.87. The monoisotopic (exact) mass is 292 g/mol. The van der Waals surface area contributed by atoms with Gasteiger partial charge in [0.05, 0.1) is 11.1 Å². The van der Waals surface area contributed by atoms with E-state index in [0.717, 1.165) is 24.3 Å². The van der Waals surface area contributed by atoms with Crippen LogP contribution in [0.15, 0.2) is 48.5 Å². The maximum atomic E-state index is 12.4. The molecule has 2 rings (SSSR count). The normalized spacial score (nSPS) is 11.0. The van der Waals surface area contributed by atoms with Crippen LogP contribution in [-0.4, -0.2) is 12.2 Å². The van der Waals surface area contributed by atoms with Crippen molar-refractivity contribution in [1.29, 1.82) is 0 Å². The molecule has 0 aliphatic heterocycles. The molecule has 0 bridgehead atoms. The average molecular weight is 292 g/mol. The van der Waals surface area contributed by atoms with Gasteiger partial charge in [0.15, 0.2) is 0 Å². The molecule has 21 heavy (non-hydrogen) atoms. The van der Waals surface area contributed by atoms with Crippen molar-refractivity contribution in [2.24, 2.45) is 0 Å². The van der Waals surface area contributed by atoms with Gasteiger partial charge in [-0.05, 0) is 30.3 Å². The summed E-state index contributed by atoms with van der Waals surface area (Å²) in [7, 11) is 0. The Bertz CT molecular complexity index is 663. The van der Waals surface area contributed by atoms with Gasteiger partial charge in [-0.15, -0.1) is 0 Å². The Morgan fingerprint density at radius 1 is 1.00 bits per heavy atom. The molecule has 0 aromatic heterocycles. The van der Waals surface area contributed by atoms with Gasteiger partial charge in [0, 0.05) is 11.3 Å². The van der Waals surface area contributed by atoms with E-state index in [1.165, 1.54) is 12.1 Å². The molecule has 0 fully saturated rings. The minimum atomic E-state index is -4.43. The third kappa shape index (κ3) is 3.47. The highest BCUT2D eigenvalue weighted by Gasteiger charge is 2.30. The topological polar surface area (TPSA) is 46.2 Å². The Hall–Kier alpha value is -2.63. The Balaban J connectivity index is 2.18. The summed E-state index contributed by atoms with van der Waals surface area (Å²) in [5, 5.41) is 2.43. The van der Waals surface area contributed by atoms with Gasteiger partial charge in [0.25, 0.3) is 5.91 Å². The zero-order chi connectivity index (χ0) is 15.5. The third-order valence-corrected chi connectivity index (χ3v) is 2.75. The molecular weight excluding hydrogens is 283 g/mol. The summed E-state index contributed by atoms with van der Waals surface area (Å²) >= 11 is 0. The average Bonchev–Trinajstić information content (AvgIpc) is 2.46. The number of alkyl halides is 3. The summed E-state index contributed by atoms with van der Waals surface area (Å²) < 4.78 is 37.2. The summed E-state index contributed by atoms with van der Waals surface area (Å²) in [6.07, 6.45) is -2.80. The van der Waals surface area contributed by atoms with Crippen LogP contribution < -0.4 is 5.32 Å². The third-order valence-electron chi connectivity index (χ3n) is 2.75. The first kappa shape index (κ1) is 14.8. The van der Waals surface area contributed by atoms with Crippen LogP contribution in [0.2, 0.25) is 0 Å². The van der Waals surface area contributed by atoms with Crippen molar-refractivity contribution in [1.82, 2.24) is 0 Å². The summed E-state index contributed by atoms with van der Waals surface area (Å²) in [4.78, 5) is 22.7. The molecule has 0 atom stereocenters. The van der Waals surface area contributed by atoms with E-state index in [4.69, 9.17) is 0 Å². The fourth-order valence-electron chi connectivity index (χ4n) is 1.71. The van der Waals surface area contributed by atoms with Gasteiger partial charge in [0.1, 0.15) is 0 Å². The number of hydrogen-bond donors (Lipinski definition) is 1. The van der Waals surface area contributed by atoms with Crippen LogP contribution in [0.3, 0.4) is 0 Å². The fourth-order valence-corrected chi connectivity index (χ4v) is 1.71. The van der Waals surface area contributed by atoms with Gasteiger partial charge < -0.3 is 5.32 Å². The van der Waals surface area contributed by atoms with Crippen LogP contribution in [0.25, 0.3) is 0 Å². The van der Waals surface area contributed by atoms with E-state index in [9.17, 15) is 22.8 Å². The van der Waals surface area contributed by atoms with Crippen LogP contribution in [0, 0.1) is 0 Å². The van der Waals surface area contributed by atoms with E-state index in [0.29, 0.717) is 0 Å². The Labute approximate surface area is 118 Å². The molecule has 1 N–H and O–H groups in total. The smallest absolute Gasteiger partial charge is 0.322 e. The molecular formula is C15H9F3NO2. The predicted octanol–water partition coefficient (Wildman–Crippen LogP) is 3.42. The van der Waals surface area contributed by atoms with Gasteiger partial charge in [-0.3, -0.25) is 9.59 Å². The van der Waals surface area contributed by atoms with Gasteiger partial charge in [0.2, 0.25) is 6.29 Å². The lowest BCUT2D eigenvalue weighted by atomic mass is 10.1. The van der Waals surface area contributed by atoms with Crippen LogP contribution in [-0.2, 0) is 11.0 Å². The summed E-state index contributed by atoms with van der Waals surface area (Å²) in [6, 6.07) is 10.0. The number of carbonyl (C=O) groups excluding carboxylic acids is 2. The van der Waals surface area contributed by atoms with E-state index in [1.54, 1.807) is 18.4 Å². The Morgan fingerprint density at radius 2 is 1.62 bits per heavy atom. The Kier molecular flexibility index (Phi) is 4.07. The molecule has 0 aliphatic carbocycles. The number of benzene rings is 2. The molecule has 1 amide bonds. The largest absolute Gasteiger partial charge is 0.416 e. The van der Waals surface area contributed by atoms with Crippen molar-refractivity contribution in [3.8, 4) is 0 Å². The summed E-state index contributed by atoms with van der Waals surface area (Å²) in [5.41, 5.74) is -0.412. The number of carbonyl (C=O) groups is 1. The standard InChI is InChI=1S/C15H9F3NO2/c16-15(17,18)11-5-7-12(8-6-11)19-14(21)13-4-2-1-3-10(13)9-20/h1-8H,(H,19,21). The van der Waals surface area contributed by atoms with Crippen LogP contribution in [0.1, 0.15) is 21.5 Å². The molecule has 0 unspecified atom stereocenters. The number of hydrogen-bond acceptors (Lipinski definition) is 2. The van der Waals surface area contributed by atoms with E-state index in [1.807, 2.05) is 0 Å². The van der Waals surface area contributed by atoms with E-state index >= 15 is 0 Å².